The Hall–Kier alpha value is -7.24. The Morgan fingerprint density at radius 2 is 1.11 bits per heavy atom. The number of benzene rings is 9. The molecular weight excluding hydrogens is 683 g/mol. The summed E-state index contributed by atoms with van der Waals surface area (Å²) in [5.74, 6) is 1.74. The van der Waals surface area contributed by atoms with E-state index in [1.165, 1.54) is 43.7 Å². The quantitative estimate of drug-likeness (QED) is 0.134. The highest BCUT2D eigenvalue weighted by molar-refractivity contribution is 7.01. The molecule has 0 radical (unpaired) electrons. The topological polar surface area (TPSA) is 28.9 Å². The van der Waals surface area contributed by atoms with Crippen LogP contribution in [0, 0.1) is 6.92 Å². The van der Waals surface area contributed by atoms with Crippen LogP contribution < -0.4 is 30.9 Å². The van der Waals surface area contributed by atoms with Crippen LogP contribution >= 0.6 is 0 Å². The minimum atomic E-state index is -0.0510. The van der Waals surface area contributed by atoms with E-state index in [1.807, 2.05) is 12.1 Å². The molecule has 2 aliphatic rings. The van der Waals surface area contributed by atoms with Crippen LogP contribution in [-0.2, 0) is 0 Å². The van der Waals surface area contributed by atoms with Crippen molar-refractivity contribution in [2.45, 2.75) is 6.92 Å². The van der Waals surface area contributed by atoms with Gasteiger partial charge >= 0.3 is 0 Å². The molecule has 0 bridgehead atoms. The summed E-state index contributed by atoms with van der Waals surface area (Å²) < 4.78 is 13.3. The molecule has 10 aromatic rings. The van der Waals surface area contributed by atoms with E-state index in [2.05, 4.69) is 187 Å². The number of para-hydroxylation sites is 2. The monoisotopic (exact) mass is 716 g/mol. The van der Waals surface area contributed by atoms with Crippen molar-refractivity contribution >= 4 is 101 Å². The van der Waals surface area contributed by atoms with Crippen LogP contribution in [0.5, 0.6) is 11.5 Å². The molecule has 0 spiro atoms. The lowest BCUT2D eigenvalue weighted by molar-refractivity contribution is 0.487. The third kappa shape index (κ3) is 4.49. The molecule has 4 nitrogen and oxygen atoms in total. The Morgan fingerprint density at radius 1 is 0.464 bits per heavy atom. The highest BCUT2D eigenvalue weighted by Gasteiger charge is 2.43. The number of nitrogens with zero attached hydrogens (tertiary/aromatic N) is 2. The maximum atomic E-state index is 7.05. The Labute approximate surface area is 324 Å². The number of rotatable bonds is 4. The number of hydrogen-bond acceptors (Lipinski definition) is 4. The number of ether oxygens (including phenoxy) is 1. The van der Waals surface area contributed by atoms with E-state index >= 15 is 0 Å². The molecule has 2 aliphatic heterocycles. The van der Waals surface area contributed by atoms with Gasteiger partial charge in [0.15, 0.2) is 0 Å². The standard InChI is InChI=1S/C51H33BN2O2/c1-32-22-24-34(25-23-32)53(35-27-29-46-42(30-35)39-16-9-10-20-45(39)55-46)36-26-28-43-48(31-36)56-47-21-11-19-44-50(47)52(43)49-40-17-7-5-14-37(40)38-15-6-8-18-41(38)51(49)54(44)33-12-3-2-4-13-33/h2-31H,1H3. The van der Waals surface area contributed by atoms with Gasteiger partial charge in [-0.1, -0.05) is 115 Å². The molecule has 9 aromatic carbocycles. The van der Waals surface area contributed by atoms with Crippen LogP contribution in [0.4, 0.5) is 34.1 Å². The third-order valence-electron chi connectivity index (χ3n) is 11.7. The summed E-state index contributed by atoms with van der Waals surface area (Å²) in [6, 6.07) is 65.3. The summed E-state index contributed by atoms with van der Waals surface area (Å²) in [4.78, 5) is 4.78. The largest absolute Gasteiger partial charge is 0.458 e. The summed E-state index contributed by atoms with van der Waals surface area (Å²) in [6.07, 6.45) is 0. The lowest BCUT2D eigenvalue weighted by atomic mass is 9.33. The molecule has 5 heteroatoms. The first kappa shape index (κ1) is 31.1. The minimum absolute atomic E-state index is 0.0510. The maximum absolute atomic E-state index is 7.05. The molecule has 56 heavy (non-hydrogen) atoms. The lowest BCUT2D eigenvalue weighted by Crippen LogP contribution is -2.59. The highest BCUT2D eigenvalue weighted by atomic mass is 16.5. The van der Waals surface area contributed by atoms with Crippen molar-refractivity contribution in [3.05, 3.63) is 188 Å². The molecule has 0 unspecified atom stereocenters. The summed E-state index contributed by atoms with van der Waals surface area (Å²) in [5, 5.41) is 7.20. The van der Waals surface area contributed by atoms with Gasteiger partial charge in [0.1, 0.15) is 22.7 Å². The van der Waals surface area contributed by atoms with Crippen molar-refractivity contribution in [1.29, 1.82) is 0 Å². The van der Waals surface area contributed by atoms with Crippen molar-refractivity contribution in [2.24, 2.45) is 0 Å². The predicted molar refractivity (Wildman–Crippen MR) is 234 cm³/mol. The molecule has 3 heterocycles. The van der Waals surface area contributed by atoms with Crippen LogP contribution in [0.2, 0.25) is 0 Å². The Bertz CT molecular complexity index is 3210. The van der Waals surface area contributed by atoms with Gasteiger partial charge in [-0.3, -0.25) is 0 Å². The van der Waals surface area contributed by atoms with Gasteiger partial charge in [-0.2, -0.15) is 0 Å². The third-order valence-corrected chi connectivity index (χ3v) is 11.7. The predicted octanol–water partition coefficient (Wildman–Crippen LogP) is 12.1. The van der Waals surface area contributed by atoms with Crippen LogP contribution in [-0.4, -0.2) is 6.71 Å². The van der Waals surface area contributed by atoms with E-state index in [0.717, 1.165) is 67.3 Å². The van der Waals surface area contributed by atoms with Crippen molar-refractivity contribution in [1.82, 2.24) is 0 Å². The molecule has 0 aliphatic carbocycles. The summed E-state index contributed by atoms with van der Waals surface area (Å²) in [6.45, 7) is 2.08. The van der Waals surface area contributed by atoms with E-state index in [-0.39, 0.29) is 6.71 Å². The Morgan fingerprint density at radius 3 is 1.93 bits per heavy atom. The van der Waals surface area contributed by atoms with Gasteiger partial charge < -0.3 is 19.0 Å². The molecule has 12 rings (SSSR count). The Balaban J connectivity index is 1.11. The number of furan rings is 1. The zero-order valence-corrected chi connectivity index (χ0v) is 30.6. The van der Waals surface area contributed by atoms with Crippen molar-refractivity contribution < 1.29 is 9.15 Å². The summed E-state index contributed by atoms with van der Waals surface area (Å²) in [7, 11) is 0. The normalized spacial score (nSPS) is 12.8. The maximum Gasteiger partial charge on any atom is 0.257 e. The van der Waals surface area contributed by atoms with Gasteiger partial charge in [0.2, 0.25) is 0 Å². The zero-order valence-electron chi connectivity index (χ0n) is 30.6. The highest BCUT2D eigenvalue weighted by Crippen LogP contribution is 2.47. The second-order valence-corrected chi connectivity index (χ2v) is 14.9. The van der Waals surface area contributed by atoms with Crippen LogP contribution in [0.1, 0.15) is 5.56 Å². The minimum Gasteiger partial charge on any atom is -0.458 e. The second kappa shape index (κ2) is 11.9. The molecule has 0 amide bonds. The smallest absolute Gasteiger partial charge is 0.257 e. The number of aryl methyl sites for hydroxylation is 1. The lowest BCUT2D eigenvalue weighted by Gasteiger charge is -2.41. The molecule has 0 saturated heterocycles. The molecule has 0 saturated carbocycles. The van der Waals surface area contributed by atoms with E-state index in [4.69, 9.17) is 9.15 Å². The first-order valence-electron chi connectivity index (χ1n) is 19.2. The molecule has 0 N–H and O–H groups in total. The average molecular weight is 717 g/mol. The van der Waals surface area contributed by atoms with Gasteiger partial charge in [0.25, 0.3) is 6.71 Å². The van der Waals surface area contributed by atoms with Gasteiger partial charge in [-0.15, -0.1) is 0 Å². The van der Waals surface area contributed by atoms with E-state index in [0.29, 0.717) is 0 Å². The number of anilines is 6. The van der Waals surface area contributed by atoms with Gasteiger partial charge in [-0.25, -0.2) is 0 Å². The average Bonchev–Trinajstić information content (AvgIpc) is 3.63. The van der Waals surface area contributed by atoms with Crippen molar-refractivity contribution in [3.63, 3.8) is 0 Å². The first-order valence-corrected chi connectivity index (χ1v) is 19.2. The van der Waals surface area contributed by atoms with E-state index in [9.17, 15) is 0 Å². The van der Waals surface area contributed by atoms with Gasteiger partial charge in [-0.05, 0) is 106 Å². The SMILES string of the molecule is Cc1ccc(N(c2ccc3c(c2)Oc2cccc4c2B3c2c(c3ccccc3c3ccccc23)N4c2ccccc2)c2ccc3oc4ccccc4c3c2)cc1. The summed E-state index contributed by atoms with van der Waals surface area (Å²) in [5.41, 5.74) is 13.2. The fourth-order valence-corrected chi connectivity index (χ4v) is 9.31. The van der Waals surface area contributed by atoms with Gasteiger partial charge in [0.05, 0.1) is 0 Å². The molecule has 1 aromatic heterocycles. The van der Waals surface area contributed by atoms with Crippen LogP contribution in [0.25, 0.3) is 43.5 Å². The molecule has 0 fully saturated rings. The van der Waals surface area contributed by atoms with E-state index in [1.54, 1.807) is 0 Å². The van der Waals surface area contributed by atoms with Crippen LogP contribution in [0.15, 0.2) is 186 Å². The number of hydrogen-bond donors (Lipinski definition) is 0. The molecular formula is C51H33BN2O2. The molecule has 262 valence electrons. The fourth-order valence-electron chi connectivity index (χ4n) is 9.31. The van der Waals surface area contributed by atoms with Crippen molar-refractivity contribution in [3.8, 4) is 11.5 Å². The second-order valence-electron chi connectivity index (χ2n) is 14.9. The van der Waals surface area contributed by atoms with Gasteiger partial charge in [0, 0.05) is 56.3 Å². The summed E-state index contributed by atoms with van der Waals surface area (Å²) >= 11 is 0. The number of fused-ring (bicyclic) bond motifs is 12. The van der Waals surface area contributed by atoms with E-state index < -0.39 is 0 Å². The molecule has 0 atom stereocenters. The zero-order chi connectivity index (χ0) is 36.9. The Kier molecular flexibility index (Phi) is 6.61. The first-order chi connectivity index (χ1) is 27.7. The van der Waals surface area contributed by atoms with Crippen LogP contribution in [0.3, 0.4) is 0 Å². The fraction of sp³-hybridized carbons (Fsp3) is 0.0196. The van der Waals surface area contributed by atoms with Crippen molar-refractivity contribution in [2.75, 3.05) is 9.80 Å².